The SMILES string of the molecule is CCOc1ccc(Nc2nc(CC)c(C(=O)O)s2)cc1. The van der Waals surface area contributed by atoms with Crippen molar-refractivity contribution in [1.82, 2.24) is 4.98 Å². The van der Waals surface area contributed by atoms with Crippen molar-refractivity contribution in [3.63, 3.8) is 0 Å². The van der Waals surface area contributed by atoms with E-state index in [1.54, 1.807) is 0 Å². The molecule has 1 heterocycles. The summed E-state index contributed by atoms with van der Waals surface area (Å²) in [7, 11) is 0. The first-order valence-corrected chi connectivity index (χ1v) is 7.18. The van der Waals surface area contributed by atoms with Crippen molar-refractivity contribution < 1.29 is 14.6 Å². The molecule has 106 valence electrons. The summed E-state index contributed by atoms with van der Waals surface area (Å²) in [5.74, 6) is -0.128. The first-order valence-electron chi connectivity index (χ1n) is 6.37. The fourth-order valence-electron chi connectivity index (χ4n) is 1.74. The molecule has 0 saturated heterocycles. The molecule has 1 aromatic heterocycles. The fourth-order valence-corrected chi connectivity index (χ4v) is 2.65. The van der Waals surface area contributed by atoms with E-state index in [0.717, 1.165) is 22.8 Å². The molecule has 0 bridgehead atoms. The molecule has 0 spiro atoms. The molecular formula is C14H16N2O3S. The standard InChI is InChI=1S/C14H16N2O3S/c1-3-11-12(13(17)18)20-14(16-11)15-9-5-7-10(8-6-9)19-4-2/h5-8H,3-4H2,1-2H3,(H,15,16)(H,17,18). The average Bonchev–Trinajstić information content (AvgIpc) is 2.84. The molecule has 0 unspecified atom stereocenters. The van der Waals surface area contributed by atoms with Crippen LogP contribution in [0.25, 0.3) is 0 Å². The number of aromatic carboxylic acids is 1. The van der Waals surface area contributed by atoms with Crippen LogP contribution in [0.5, 0.6) is 5.75 Å². The lowest BCUT2D eigenvalue weighted by atomic mass is 10.3. The van der Waals surface area contributed by atoms with E-state index < -0.39 is 5.97 Å². The summed E-state index contributed by atoms with van der Waals surface area (Å²) in [6.07, 6.45) is 0.600. The summed E-state index contributed by atoms with van der Waals surface area (Å²) in [6, 6.07) is 7.47. The first-order chi connectivity index (χ1) is 9.63. The van der Waals surface area contributed by atoms with Gasteiger partial charge in [0.05, 0.1) is 12.3 Å². The second kappa shape index (κ2) is 6.38. The van der Waals surface area contributed by atoms with E-state index in [4.69, 9.17) is 9.84 Å². The summed E-state index contributed by atoms with van der Waals surface area (Å²) in [4.78, 5) is 15.7. The second-order valence-electron chi connectivity index (χ2n) is 4.04. The van der Waals surface area contributed by atoms with Gasteiger partial charge in [0.2, 0.25) is 0 Å². The van der Waals surface area contributed by atoms with Crippen molar-refractivity contribution in [2.45, 2.75) is 20.3 Å². The smallest absolute Gasteiger partial charge is 0.347 e. The van der Waals surface area contributed by atoms with Gasteiger partial charge in [-0.25, -0.2) is 9.78 Å². The quantitative estimate of drug-likeness (QED) is 0.852. The van der Waals surface area contributed by atoms with Crippen LogP contribution in [0.4, 0.5) is 10.8 Å². The molecule has 0 aliphatic rings. The lowest BCUT2D eigenvalue weighted by Crippen LogP contribution is -1.97. The Labute approximate surface area is 121 Å². The number of aryl methyl sites for hydroxylation is 1. The summed E-state index contributed by atoms with van der Waals surface area (Å²) in [5.41, 5.74) is 1.46. The Morgan fingerprint density at radius 1 is 1.35 bits per heavy atom. The minimum absolute atomic E-state index is 0.293. The maximum Gasteiger partial charge on any atom is 0.347 e. The highest BCUT2D eigenvalue weighted by molar-refractivity contribution is 7.17. The zero-order chi connectivity index (χ0) is 14.5. The van der Waals surface area contributed by atoms with Crippen LogP contribution < -0.4 is 10.1 Å². The van der Waals surface area contributed by atoms with Gasteiger partial charge in [0.25, 0.3) is 0 Å². The van der Waals surface area contributed by atoms with Gasteiger partial charge in [0.15, 0.2) is 5.13 Å². The Morgan fingerprint density at radius 3 is 2.55 bits per heavy atom. The number of thiazole rings is 1. The van der Waals surface area contributed by atoms with Crippen molar-refractivity contribution in [3.05, 3.63) is 34.8 Å². The van der Waals surface area contributed by atoms with E-state index in [1.165, 1.54) is 0 Å². The number of nitrogens with one attached hydrogen (secondary N) is 1. The van der Waals surface area contributed by atoms with Crippen LogP contribution >= 0.6 is 11.3 Å². The summed E-state index contributed by atoms with van der Waals surface area (Å²) < 4.78 is 5.36. The van der Waals surface area contributed by atoms with E-state index in [1.807, 2.05) is 38.1 Å². The summed E-state index contributed by atoms with van der Waals surface area (Å²) in [6.45, 7) is 4.45. The molecule has 0 aliphatic heterocycles. The lowest BCUT2D eigenvalue weighted by molar-refractivity contribution is 0.0701. The molecule has 6 heteroatoms. The van der Waals surface area contributed by atoms with Gasteiger partial charge in [-0.3, -0.25) is 0 Å². The van der Waals surface area contributed by atoms with Crippen molar-refractivity contribution in [2.75, 3.05) is 11.9 Å². The number of anilines is 2. The van der Waals surface area contributed by atoms with Crippen molar-refractivity contribution >= 4 is 28.1 Å². The molecule has 1 aromatic carbocycles. The van der Waals surface area contributed by atoms with Crippen LogP contribution in [0.3, 0.4) is 0 Å². The van der Waals surface area contributed by atoms with Gasteiger partial charge in [-0.15, -0.1) is 0 Å². The third-order valence-electron chi connectivity index (χ3n) is 2.64. The number of hydrogen-bond donors (Lipinski definition) is 2. The Kier molecular flexibility index (Phi) is 4.57. The van der Waals surface area contributed by atoms with Crippen molar-refractivity contribution in [1.29, 1.82) is 0 Å². The van der Waals surface area contributed by atoms with Crippen molar-refractivity contribution in [2.24, 2.45) is 0 Å². The predicted molar refractivity (Wildman–Crippen MR) is 79.3 cm³/mol. The number of aromatic nitrogens is 1. The van der Waals surface area contributed by atoms with Gasteiger partial charge in [-0.1, -0.05) is 18.3 Å². The lowest BCUT2D eigenvalue weighted by Gasteiger charge is -2.05. The third-order valence-corrected chi connectivity index (χ3v) is 3.64. The molecule has 0 amide bonds. The molecule has 0 aliphatic carbocycles. The Morgan fingerprint density at radius 2 is 2.05 bits per heavy atom. The van der Waals surface area contributed by atoms with Gasteiger partial charge in [-0.2, -0.15) is 0 Å². The number of rotatable bonds is 6. The maximum atomic E-state index is 11.1. The minimum atomic E-state index is -0.931. The van der Waals surface area contributed by atoms with Crippen LogP contribution in [0.1, 0.15) is 29.2 Å². The Hall–Kier alpha value is -2.08. The number of benzene rings is 1. The van der Waals surface area contributed by atoms with Crippen LogP contribution in [0.2, 0.25) is 0 Å². The largest absolute Gasteiger partial charge is 0.494 e. The highest BCUT2D eigenvalue weighted by atomic mass is 32.1. The Balaban J connectivity index is 2.15. The maximum absolute atomic E-state index is 11.1. The van der Waals surface area contributed by atoms with E-state index in [9.17, 15) is 4.79 Å². The molecular weight excluding hydrogens is 276 g/mol. The van der Waals surface area contributed by atoms with Gasteiger partial charge >= 0.3 is 5.97 Å². The predicted octanol–water partition coefficient (Wildman–Crippen LogP) is 3.55. The first kappa shape index (κ1) is 14.3. The van der Waals surface area contributed by atoms with Crippen LogP contribution in [0.15, 0.2) is 24.3 Å². The number of carbonyl (C=O) groups is 1. The Bertz CT molecular complexity index is 593. The summed E-state index contributed by atoms with van der Waals surface area (Å²) in [5, 5.41) is 12.8. The van der Waals surface area contributed by atoms with Gasteiger partial charge < -0.3 is 15.2 Å². The zero-order valence-corrected chi connectivity index (χ0v) is 12.2. The molecule has 2 rings (SSSR count). The molecule has 2 aromatic rings. The van der Waals surface area contributed by atoms with Crippen molar-refractivity contribution in [3.8, 4) is 5.75 Å². The van der Waals surface area contributed by atoms with E-state index in [0.29, 0.717) is 28.7 Å². The normalized spacial score (nSPS) is 10.3. The van der Waals surface area contributed by atoms with Gasteiger partial charge in [-0.05, 0) is 37.6 Å². The molecule has 0 fully saturated rings. The van der Waals surface area contributed by atoms with Crippen LogP contribution in [0, 0.1) is 0 Å². The third kappa shape index (κ3) is 3.27. The van der Waals surface area contributed by atoms with E-state index in [-0.39, 0.29) is 0 Å². The van der Waals surface area contributed by atoms with Gasteiger partial charge in [0.1, 0.15) is 10.6 Å². The monoisotopic (exact) mass is 292 g/mol. The zero-order valence-electron chi connectivity index (χ0n) is 11.3. The number of nitrogens with zero attached hydrogens (tertiary/aromatic N) is 1. The molecule has 20 heavy (non-hydrogen) atoms. The average molecular weight is 292 g/mol. The van der Waals surface area contributed by atoms with E-state index in [2.05, 4.69) is 10.3 Å². The molecule has 2 N–H and O–H groups in total. The molecule has 0 radical (unpaired) electrons. The highest BCUT2D eigenvalue weighted by Gasteiger charge is 2.15. The van der Waals surface area contributed by atoms with E-state index >= 15 is 0 Å². The molecule has 0 saturated carbocycles. The van der Waals surface area contributed by atoms with Crippen LogP contribution in [-0.2, 0) is 6.42 Å². The molecule has 5 nitrogen and oxygen atoms in total. The highest BCUT2D eigenvalue weighted by Crippen LogP contribution is 2.27. The summed E-state index contributed by atoms with van der Waals surface area (Å²) >= 11 is 1.15. The second-order valence-corrected chi connectivity index (χ2v) is 5.04. The number of carboxylic acid groups (broad SMARTS) is 1. The number of ether oxygens (including phenoxy) is 1. The topological polar surface area (TPSA) is 71.5 Å². The van der Waals surface area contributed by atoms with Gasteiger partial charge in [0, 0.05) is 5.69 Å². The molecule has 0 atom stereocenters. The number of hydrogen-bond acceptors (Lipinski definition) is 5. The fraction of sp³-hybridized carbons (Fsp3) is 0.286. The number of carboxylic acids is 1. The van der Waals surface area contributed by atoms with Crippen LogP contribution in [-0.4, -0.2) is 22.7 Å². The minimum Gasteiger partial charge on any atom is -0.494 e.